The van der Waals surface area contributed by atoms with Gasteiger partial charge in [0.1, 0.15) is 0 Å². The summed E-state index contributed by atoms with van der Waals surface area (Å²) in [5.74, 6) is -1.82. The Balaban J connectivity index is 2.33. The first-order valence-electron chi connectivity index (χ1n) is 10.7. The zero-order chi connectivity index (χ0) is 22.2. The minimum Gasteiger partial charge on any atom is -0.462 e. The molecule has 0 amide bonds. The topological polar surface area (TPSA) is 107 Å². The van der Waals surface area contributed by atoms with E-state index in [0.29, 0.717) is 6.61 Å². The number of hydrogen-bond donors (Lipinski definition) is 1. The van der Waals surface area contributed by atoms with Gasteiger partial charge in [-0.1, -0.05) is 70.4 Å². The molecule has 0 atom stereocenters. The molecule has 0 saturated heterocycles. The number of hydrogen-bond acceptors (Lipinski definition) is 6. The lowest BCUT2D eigenvalue weighted by molar-refractivity contribution is 0.0454. The largest absolute Gasteiger partial charge is 0.462 e. The Morgan fingerprint density at radius 3 is 1.67 bits per heavy atom. The van der Waals surface area contributed by atoms with Crippen LogP contribution in [0.25, 0.3) is 0 Å². The molecule has 8 heteroatoms. The van der Waals surface area contributed by atoms with E-state index in [2.05, 4.69) is 6.92 Å². The maximum absolute atomic E-state index is 12.3. The summed E-state index contributed by atoms with van der Waals surface area (Å²) in [6, 6.07) is 6.18. The molecule has 0 fully saturated rings. The van der Waals surface area contributed by atoms with Gasteiger partial charge >= 0.3 is 11.9 Å². The highest BCUT2D eigenvalue weighted by atomic mass is 32.2. The molecule has 1 rings (SSSR count). The van der Waals surface area contributed by atoms with Crippen LogP contribution >= 0.6 is 0 Å². The molecule has 0 heterocycles. The summed E-state index contributed by atoms with van der Waals surface area (Å²) >= 11 is 0. The molecular formula is C22H34O7S. The molecule has 0 radical (unpaired) electrons. The van der Waals surface area contributed by atoms with Crippen LogP contribution in [0.5, 0.6) is 0 Å². The van der Waals surface area contributed by atoms with Crippen LogP contribution in [0.3, 0.4) is 0 Å². The predicted octanol–water partition coefficient (Wildman–Crippen LogP) is 4.81. The zero-order valence-electron chi connectivity index (χ0n) is 17.8. The third-order valence-corrected chi connectivity index (χ3v) is 5.43. The van der Waals surface area contributed by atoms with Gasteiger partial charge in [0.05, 0.1) is 30.1 Å². The van der Waals surface area contributed by atoms with E-state index in [9.17, 15) is 18.0 Å². The van der Waals surface area contributed by atoms with Crippen molar-refractivity contribution in [3.8, 4) is 0 Å². The summed E-state index contributed by atoms with van der Waals surface area (Å²) in [6.45, 7) is 2.32. The van der Waals surface area contributed by atoms with Crippen molar-refractivity contribution in [3.05, 3.63) is 35.4 Å². The number of unbranched alkanes of at least 4 members (excludes halogenated alkanes) is 8. The van der Waals surface area contributed by atoms with Crippen LogP contribution in [0.2, 0.25) is 0 Å². The summed E-state index contributed by atoms with van der Waals surface area (Å²) in [5.41, 5.74) is 0.189. The van der Waals surface area contributed by atoms with E-state index in [1.807, 2.05) is 0 Å². The fourth-order valence-corrected chi connectivity index (χ4v) is 3.46. The third-order valence-electron chi connectivity index (χ3n) is 4.63. The Kier molecular flexibility index (Phi) is 13.0. The number of esters is 2. The van der Waals surface area contributed by atoms with Gasteiger partial charge in [-0.05, 0) is 25.0 Å². The smallest absolute Gasteiger partial charge is 0.339 e. The van der Waals surface area contributed by atoms with Gasteiger partial charge in [0, 0.05) is 0 Å². The minimum atomic E-state index is -4.10. The van der Waals surface area contributed by atoms with Crippen LogP contribution in [-0.2, 0) is 19.6 Å². The van der Waals surface area contributed by atoms with E-state index in [1.165, 1.54) is 50.7 Å². The average Bonchev–Trinajstić information content (AvgIpc) is 2.71. The van der Waals surface area contributed by atoms with Crippen molar-refractivity contribution in [1.82, 2.24) is 0 Å². The lowest BCUT2D eigenvalue weighted by atomic mass is 10.1. The highest BCUT2D eigenvalue weighted by molar-refractivity contribution is 7.85. The lowest BCUT2D eigenvalue weighted by Gasteiger charge is -2.10. The number of carbonyl (C=O) groups is 2. The van der Waals surface area contributed by atoms with Gasteiger partial charge in [-0.2, -0.15) is 8.42 Å². The Labute approximate surface area is 179 Å². The van der Waals surface area contributed by atoms with E-state index in [-0.39, 0.29) is 24.2 Å². The van der Waals surface area contributed by atoms with Gasteiger partial charge in [0.25, 0.3) is 10.1 Å². The Hall–Kier alpha value is -1.93. The number of ether oxygens (including phenoxy) is 2. The minimum absolute atomic E-state index is 0.0320. The van der Waals surface area contributed by atoms with Gasteiger partial charge in [-0.15, -0.1) is 0 Å². The summed E-state index contributed by atoms with van der Waals surface area (Å²) in [5, 5.41) is 0. The van der Waals surface area contributed by atoms with Crippen LogP contribution in [-0.4, -0.2) is 43.9 Å². The molecule has 1 aromatic rings. The van der Waals surface area contributed by atoms with Gasteiger partial charge in [-0.3, -0.25) is 4.55 Å². The van der Waals surface area contributed by atoms with Crippen LogP contribution in [0, 0.1) is 0 Å². The fourth-order valence-electron chi connectivity index (χ4n) is 2.98. The third kappa shape index (κ3) is 11.9. The first kappa shape index (κ1) is 26.1. The molecule has 0 spiro atoms. The lowest BCUT2D eigenvalue weighted by Crippen LogP contribution is -2.16. The van der Waals surface area contributed by atoms with Gasteiger partial charge < -0.3 is 9.47 Å². The molecule has 0 saturated carbocycles. The standard InChI is InChI=1S/C22H34O7S/c1-2-3-4-5-6-7-8-9-12-16-28-21(23)19-14-10-11-15-20(19)22(24)29-17-13-18-30(25,26)27/h10-11,14-15H,2-9,12-13,16-18H2,1H3,(H,25,26,27). The summed E-state index contributed by atoms with van der Waals surface area (Å²) in [6.07, 6.45) is 10.5. The fraction of sp³-hybridized carbons (Fsp3) is 0.636. The van der Waals surface area contributed by atoms with E-state index < -0.39 is 27.8 Å². The molecule has 170 valence electrons. The van der Waals surface area contributed by atoms with Crippen molar-refractivity contribution in [2.24, 2.45) is 0 Å². The van der Waals surface area contributed by atoms with Crippen molar-refractivity contribution in [2.45, 2.75) is 71.1 Å². The molecule has 0 aliphatic rings. The normalized spacial score (nSPS) is 11.3. The SMILES string of the molecule is CCCCCCCCCCCOC(=O)c1ccccc1C(=O)OCCCS(=O)(=O)O. The Morgan fingerprint density at radius 2 is 1.20 bits per heavy atom. The number of rotatable bonds is 16. The van der Waals surface area contributed by atoms with Crippen molar-refractivity contribution < 1.29 is 32.0 Å². The molecule has 1 aromatic carbocycles. The second-order valence-corrected chi connectivity index (χ2v) is 8.86. The van der Waals surface area contributed by atoms with E-state index in [1.54, 1.807) is 12.1 Å². The van der Waals surface area contributed by atoms with Gasteiger partial charge in [0.2, 0.25) is 0 Å². The number of benzene rings is 1. The molecule has 7 nitrogen and oxygen atoms in total. The highest BCUT2D eigenvalue weighted by Crippen LogP contribution is 2.14. The van der Waals surface area contributed by atoms with Gasteiger partial charge in [0.15, 0.2) is 0 Å². The van der Waals surface area contributed by atoms with Crippen molar-refractivity contribution in [1.29, 1.82) is 0 Å². The van der Waals surface area contributed by atoms with Crippen molar-refractivity contribution in [2.75, 3.05) is 19.0 Å². The molecular weight excluding hydrogens is 408 g/mol. The molecule has 0 unspecified atom stereocenters. The van der Waals surface area contributed by atoms with Crippen LogP contribution < -0.4 is 0 Å². The van der Waals surface area contributed by atoms with E-state index in [0.717, 1.165) is 19.3 Å². The Bertz CT molecular complexity index is 744. The van der Waals surface area contributed by atoms with Crippen LogP contribution in [0.15, 0.2) is 24.3 Å². The summed E-state index contributed by atoms with van der Waals surface area (Å²) < 4.78 is 40.3. The molecule has 0 aliphatic heterocycles. The molecule has 0 bridgehead atoms. The Morgan fingerprint density at radius 1 is 0.767 bits per heavy atom. The molecule has 0 aliphatic carbocycles. The van der Waals surface area contributed by atoms with Gasteiger partial charge in [-0.25, -0.2) is 9.59 Å². The first-order chi connectivity index (χ1) is 14.3. The van der Waals surface area contributed by atoms with Crippen molar-refractivity contribution in [3.63, 3.8) is 0 Å². The van der Waals surface area contributed by atoms with Crippen LogP contribution in [0.4, 0.5) is 0 Å². The van der Waals surface area contributed by atoms with Crippen LogP contribution in [0.1, 0.15) is 91.8 Å². The summed E-state index contributed by atoms with van der Waals surface area (Å²) in [4.78, 5) is 24.5. The second kappa shape index (κ2) is 15.0. The first-order valence-corrected chi connectivity index (χ1v) is 12.3. The summed E-state index contributed by atoms with van der Waals surface area (Å²) in [7, 11) is -4.10. The van der Waals surface area contributed by atoms with E-state index in [4.69, 9.17) is 14.0 Å². The molecule has 30 heavy (non-hydrogen) atoms. The second-order valence-electron chi connectivity index (χ2n) is 7.29. The number of carbonyl (C=O) groups excluding carboxylic acids is 2. The average molecular weight is 443 g/mol. The predicted molar refractivity (Wildman–Crippen MR) is 115 cm³/mol. The molecule has 0 aromatic heterocycles. The monoisotopic (exact) mass is 442 g/mol. The highest BCUT2D eigenvalue weighted by Gasteiger charge is 2.19. The quantitative estimate of drug-likeness (QED) is 0.222. The maximum Gasteiger partial charge on any atom is 0.339 e. The zero-order valence-corrected chi connectivity index (χ0v) is 18.6. The van der Waals surface area contributed by atoms with E-state index >= 15 is 0 Å². The van der Waals surface area contributed by atoms with Crippen molar-refractivity contribution >= 4 is 22.1 Å². The maximum atomic E-state index is 12.3. The molecule has 1 N–H and O–H groups in total.